The highest BCUT2D eigenvalue weighted by Crippen LogP contribution is 2.34. The van der Waals surface area contributed by atoms with Gasteiger partial charge >= 0.3 is 11.9 Å². The summed E-state index contributed by atoms with van der Waals surface area (Å²) in [4.78, 5) is 29.2. The maximum absolute atomic E-state index is 13.2. The van der Waals surface area contributed by atoms with E-state index in [1.54, 1.807) is 6.07 Å². The Labute approximate surface area is 185 Å². The van der Waals surface area contributed by atoms with Gasteiger partial charge in [-0.2, -0.15) is 13.2 Å². The number of nitrogens with zero attached hydrogens (tertiary/aromatic N) is 4. The second-order valence-electron chi connectivity index (χ2n) is 7.26. The lowest BCUT2D eigenvalue weighted by atomic mass is 10.1. The van der Waals surface area contributed by atoms with Crippen LogP contribution in [0.2, 0.25) is 0 Å². The van der Waals surface area contributed by atoms with Crippen LogP contribution in [-0.4, -0.2) is 25.1 Å². The van der Waals surface area contributed by atoms with Gasteiger partial charge in [-0.3, -0.25) is 4.79 Å². The number of halogens is 3. The monoisotopic (exact) mass is 457 g/mol. The van der Waals surface area contributed by atoms with E-state index in [0.717, 1.165) is 32.3 Å². The second kappa shape index (κ2) is 8.41. The van der Waals surface area contributed by atoms with E-state index in [1.165, 1.54) is 24.5 Å². The lowest BCUT2D eigenvalue weighted by molar-refractivity contribution is -0.137. The van der Waals surface area contributed by atoms with Gasteiger partial charge in [0, 0.05) is 12.4 Å². The Morgan fingerprint density at radius 3 is 2.64 bits per heavy atom. The van der Waals surface area contributed by atoms with Crippen LogP contribution in [0.25, 0.3) is 5.65 Å². The molecule has 2 aromatic heterocycles. The van der Waals surface area contributed by atoms with Crippen molar-refractivity contribution in [2.45, 2.75) is 26.6 Å². The van der Waals surface area contributed by atoms with Crippen molar-refractivity contribution in [1.29, 1.82) is 0 Å². The van der Waals surface area contributed by atoms with E-state index in [-0.39, 0.29) is 11.5 Å². The van der Waals surface area contributed by atoms with E-state index in [4.69, 9.17) is 4.74 Å². The number of hydrogen-bond donors (Lipinski definition) is 1. The van der Waals surface area contributed by atoms with Crippen LogP contribution in [0.3, 0.4) is 0 Å². The van der Waals surface area contributed by atoms with Crippen LogP contribution in [0.4, 0.5) is 18.9 Å². The SMILES string of the molecule is Cc1cccc(Oc2nccn3c(=O)n(CC(=O)Nc4ccccc4C(F)(F)F)nc23)c1C. The van der Waals surface area contributed by atoms with Crippen molar-refractivity contribution in [2.75, 3.05) is 5.32 Å². The molecule has 170 valence electrons. The first-order valence-electron chi connectivity index (χ1n) is 9.79. The maximum atomic E-state index is 13.2. The summed E-state index contributed by atoms with van der Waals surface area (Å²) in [6, 6.07) is 10.0. The Morgan fingerprint density at radius 1 is 1.12 bits per heavy atom. The first-order chi connectivity index (χ1) is 15.6. The summed E-state index contributed by atoms with van der Waals surface area (Å²) < 4.78 is 47.3. The van der Waals surface area contributed by atoms with Crippen LogP contribution in [0.1, 0.15) is 16.7 Å². The predicted octanol–water partition coefficient (Wildman–Crippen LogP) is 3.96. The van der Waals surface area contributed by atoms with Crippen molar-refractivity contribution in [3.05, 3.63) is 82.0 Å². The molecule has 0 aliphatic carbocycles. The van der Waals surface area contributed by atoms with Gasteiger partial charge in [0.1, 0.15) is 12.3 Å². The third-order valence-electron chi connectivity index (χ3n) is 5.03. The van der Waals surface area contributed by atoms with Crippen molar-refractivity contribution < 1.29 is 22.7 Å². The lowest BCUT2D eigenvalue weighted by Gasteiger charge is -2.13. The zero-order valence-electron chi connectivity index (χ0n) is 17.6. The van der Waals surface area contributed by atoms with Crippen LogP contribution < -0.4 is 15.7 Å². The number of ether oxygens (including phenoxy) is 1. The minimum atomic E-state index is -4.64. The number of rotatable bonds is 5. The fraction of sp³-hybridized carbons (Fsp3) is 0.182. The fourth-order valence-electron chi connectivity index (χ4n) is 3.20. The quantitative estimate of drug-likeness (QED) is 0.490. The van der Waals surface area contributed by atoms with Crippen molar-refractivity contribution in [1.82, 2.24) is 19.2 Å². The molecule has 0 unspecified atom stereocenters. The highest BCUT2D eigenvalue weighted by atomic mass is 19.4. The summed E-state index contributed by atoms with van der Waals surface area (Å²) in [5.74, 6) is -0.272. The number of nitrogens with one attached hydrogen (secondary N) is 1. The number of fused-ring (bicyclic) bond motifs is 1. The molecule has 0 bridgehead atoms. The highest BCUT2D eigenvalue weighted by molar-refractivity contribution is 5.91. The average Bonchev–Trinajstić information content (AvgIpc) is 3.07. The Kier molecular flexibility index (Phi) is 5.62. The zero-order valence-corrected chi connectivity index (χ0v) is 17.6. The minimum Gasteiger partial charge on any atom is -0.436 e. The van der Waals surface area contributed by atoms with Gasteiger partial charge in [-0.1, -0.05) is 24.3 Å². The van der Waals surface area contributed by atoms with E-state index in [1.807, 2.05) is 26.0 Å². The Balaban J connectivity index is 1.62. The molecule has 0 aliphatic heterocycles. The van der Waals surface area contributed by atoms with Gasteiger partial charge in [0.05, 0.1) is 11.3 Å². The molecule has 0 saturated heterocycles. The standard InChI is InChI=1S/C22H18F3N5O3/c1-13-6-5-9-17(14(13)2)33-20-19-28-30(21(32)29(19)11-10-26-20)12-18(31)27-16-8-4-3-7-15(16)22(23,24)25/h3-11H,12H2,1-2H3,(H,27,31). The van der Waals surface area contributed by atoms with Gasteiger partial charge in [-0.25, -0.2) is 18.9 Å². The second-order valence-corrected chi connectivity index (χ2v) is 7.26. The summed E-state index contributed by atoms with van der Waals surface area (Å²) in [7, 11) is 0. The Morgan fingerprint density at radius 2 is 1.88 bits per heavy atom. The van der Waals surface area contributed by atoms with E-state index in [9.17, 15) is 22.8 Å². The molecular weight excluding hydrogens is 439 g/mol. The molecule has 2 aromatic carbocycles. The van der Waals surface area contributed by atoms with Crippen LogP contribution >= 0.6 is 0 Å². The number of carbonyl (C=O) groups excluding carboxylic acids is 1. The highest BCUT2D eigenvalue weighted by Gasteiger charge is 2.33. The van der Waals surface area contributed by atoms with Gasteiger partial charge < -0.3 is 10.1 Å². The largest absolute Gasteiger partial charge is 0.436 e. The molecular formula is C22H18F3N5O3. The summed E-state index contributed by atoms with van der Waals surface area (Å²) in [6.45, 7) is 3.19. The van der Waals surface area contributed by atoms with Gasteiger partial charge in [-0.05, 0) is 43.2 Å². The molecule has 11 heteroatoms. The maximum Gasteiger partial charge on any atom is 0.418 e. The molecule has 2 heterocycles. The van der Waals surface area contributed by atoms with Crippen molar-refractivity contribution in [2.24, 2.45) is 0 Å². The summed E-state index contributed by atoms with van der Waals surface area (Å²) in [6.07, 6.45) is -1.94. The smallest absolute Gasteiger partial charge is 0.418 e. The predicted molar refractivity (Wildman–Crippen MR) is 113 cm³/mol. The zero-order chi connectivity index (χ0) is 23.8. The Hall–Kier alpha value is -4.15. The molecule has 0 aliphatic rings. The van der Waals surface area contributed by atoms with Gasteiger partial charge in [0.15, 0.2) is 0 Å². The topological polar surface area (TPSA) is 90.5 Å². The van der Waals surface area contributed by atoms with Crippen LogP contribution in [0, 0.1) is 13.8 Å². The summed E-state index contributed by atoms with van der Waals surface area (Å²) >= 11 is 0. The fourth-order valence-corrected chi connectivity index (χ4v) is 3.20. The number of amides is 1. The number of alkyl halides is 3. The molecule has 4 aromatic rings. The number of para-hydroxylation sites is 1. The molecule has 33 heavy (non-hydrogen) atoms. The van der Waals surface area contributed by atoms with Crippen LogP contribution in [0.5, 0.6) is 11.6 Å². The van der Waals surface area contributed by atoms with Gasteiger partial charge in [-0.15, -0.1) is 5.10 Å². The van der Waals surface area contributed by atoms with Crippen molar-refractivity contribution >= 4 is 17.2 Å². The van der Waals surface area contributed by atoms with Gasteiger partial charge in [0.2, 0.25) is 11.6 Å². The molecule has 1 N–H and O–H groups in total. The van der Waals surface area contributed by atoms with E-state index in [2.05, 4.69) is 15.4 Å². The summed E-state index contributed by atoms with van der Waals surface area (Å²) in [5.41, 5.74) is -0.130. The molecule has 0 saturated carbocycles. The van der Waals surface area contributed by atoms with E-state index < -0.39 is 35.6 Å². The number of carbonyl (C=O) groups is 1. The van der Waals surface area contributed by atoms with Crippen LogP contribution in [-0.2, 0) is 17.5 Å². The molecule has 0 fully saturated rings. The first kappa shape index (κ1) is 22.1. The van der Waals surface area contributed by atoms with Crippen molar-refractivity contribution in [3.8, 4) is 11.6 Å². The molecule has 0 radical (unpaired) electrons. The number of hydrogen-bond acceptors (Lipinski definition) is 5. The van der Waals surface area contributed by atoms with E-state index >= 15 is 0 Å². The molecule has 0 spiro atoms. The molecule has 8 nitrogen and oxygen atoms in total. The van der Waals surface area contributed by atoms with Gasteiger partial charge in [0.25, 0.3) is 5.88 Å². The number of aromatic nitrogens is 4. The number of benzene rings is 2. The third-order valence-corrected chi connectivity index (χ3v) is 5.03. The van der Waals surface area contributed by atoms with Crippen molar-refractivity contribution in [3.63, 3.8) is 0 Å². The molecule has 1 amide bonds. The number of aryl methyl sites for hydroxylation is 1. The van der Waals surface area contributed by atoms with E-state index in [0.29, 0.717) is 5.75 Å². The molecule has 0 atom stereocenters. The lowest BCUT2D eigenvalue weighted by Crippen LogP contribution is -2.28. The third kappa shape index (κ3) is 4.43. The average molecular weight is 457 g/mol. The normalized spacial score (nSPS) is 11.5. The minimum absolute atomic E-state index is 0.0462. The Bertz CT molecular complexity index is 1410. The molecule has 4 rings (SSSR count). The first-order valence-corrected chi connectivity index (χ1v) is 9.79. The van der Waals surface area contributed by atoms with Crippen LogP contribution in [0.15, 0.2) is 59.7 Å². The number of anilines is 1. The summed E-state index contributed by atoms with van der Waals surface area (Å²) in [5, 5.41) is 6.30.